The van der Waals surface area contributed by atoms with Crippen molar-refractivity contribution in [1.29, 1.82) is 0 Å². The van der Waals surface area contributed by atoms with E-state index in [1.54, 1.807) is 36.4 Å². The monoisotopic (exact) mass is 486 g/mol. The molecule has 8 nitrogen and oxygen atoms in total. The average molecular weight is 487 g/mol. The van der Waals surface area contributed by atoms with E-state index in [0.29, 0.717) is 17.1 Å². The number of carbonyl (C=O) groups is 1. The first-order chi connectivity index (χ1) is 15.5. The van der Waals surface area contributed by atoms with Gasteiger partial charge in [-0.3, -0.25) is 9.52 Å². The first-order valence-corrected chi connectivity index (χ1v) is 12.7. The number of hydrogen-bond donors (Lipinski definition) is 2. The largest absolute Gasteiger partial charge is 0.495 e. The van der Waals surface area contributed by atoms with E-state index in [4.69, 9.17) is 4.74 Å². The summed E-state index contributed by atoms with van der Waals surface area (Å²) in [5.41, 5.74) is 0.837. The molecule has 11 heteroatoms. The van der Waals surface area contributed by atoms with Crippen molar-refractivity contribution in [2.24, 2.45) is 0 Å². The second-order valence-corrected chi connectivity index (χ2v) is 10.0. The molecule has 0 fully saturated rings. The van der Waals surface area contributed by atoms with Crippen LogP contribution in [0, 0.1) is 0 Å². The summed E-state index contributed by atoms with van der Waals surface area (Å²) in [5, 5.41) is 6.37. The third-order valence-corrected chi connectivity index (χ3v) is 7.57. The number of thiophene rings is 1. The van der Waals surface area contributed by atoms with Crippen LogP contribution in [0.15, 0.2) is 76.2 Å². The van der Waals surface area contributed by atoms with Crippen LogP contribution in [0.4, 0.5) is 11.4 Å². The molecule has 2 N–H and O–H groups in total. The summed E-state index contributed by atoms with van der Waals surface area (Å²) in [6.45, 7) is 0. The topological polar surface area (TPSA) is 110 Å². The highest BCUT2D eigenvalue weighted by Gasteiger charge is 2.16. The highest BCUT2D eigenvalue weighted by atomic mass is 32.2. The molecule has 2 heterocycles. The Bertz CT molecular complexity index is 1350. The number of methoxy groups -OCH3 is 1. The number of hydrogen-bond acceptors (Lipinski definition) is 8. The molecule has 164 valence electrons. The Kier molecular flexibility index (Phi) is 6.58. The van der Waals surface area contributed by atoms with Gasteiger partial charge in [0.2, 0.25) is 5.91 Å². The van der Waals surface area contributed by atoms with Gasteiger partial charge in [-0.15, -0.1) is 11.3 Å². The third kappa shape index (κ3) is 5.01. The number of para-hydroxylation sites is 2. The number of aromatic nitrogens is 2. The number of thioether (sulfide) groups is 1. The van der Waals surface area contributed by atoms with Crippen LogP contribution >= 0.6 is 23.1 Å². The van der Waals surface area contributed by atoms with Gasteiger partial charge in [0.05, 0.1) is 23.4 Å². The molecule has 0 atom stereocenters. The number of nitrogens with one attached hydrogen (secondary N) is 2. The van der Waals surface area contributed by atoms with E-state index in [9.17, 15) is 13.2 Å². The molecule has 2 aromatic heterocycles. The average Bonchev–Trinajstić information content (AvgIpc) is 3.28. The van der Waals surface area contributed by atoms with Crippen molar-refractivity contribution in [3.05, 3.63) is 66.3 Å². The first-order valence-electron chi connectivity index (χ1n) is 9.33. The molecule has 1 amide bonds. The lowest BCUT2D eigenvalue weighted by molar-refractivity contribution is -0.113. The number of rotatable bonds is 8. The molecule has 0 aliphatic heterocycles. The van der Waals surface area contributed by atoms with Gasteiger partial charge in [0.15, 0.2) is 0 Å². The fraction of sp³-hybridized carbons (Fsp3) is 0.0952. The maximum absolute atomic E-state index is 12.7. The van der Waals surface area contributed by atoms with Gasteiger partial charge in [-0.25, -0.2) is 18.4 Å². The summed E-state index contributed by atoms with van der Waals surface area (Å²) in [6, 6.07) is 14.6. The van der Waals surface area contributed by atoms with Crippen molar-refractivity contribution >= 4 is 60.6 Å². The Morgan fingerprint density at radius 1 is 1.09 bits per heavy atom. The first kappa shape index (κ1) is 22.1. The van der Waals surface area contributed by atoms with Crippen molar-refractivity contribution in [3.8, 4) is 5.75 Å². The Morgan fingerprint density at radius 3 is 2.66 bits per heavy atom. The smallest absolute Gasteiger partial charge is 0.262 e. The predicted molar refractivity (Wildman–Crippen MR) is 127 cm³/mol. The Balaban J connectivity index is 1.38. The summed E-state index contributed by atoms with van der Waals surface area (Å²) < 4.78 is 33.0. The summed E-state index contributed by atoms with van der Waals surface area (Å²) >= 11 is 2.84. The quantitative estimate of drug-likeness (QED) is 0.283. The normalized spacial score (nSPS) is 11.3. The molecule has 0 spiro atoms. The van der Waals surface area contributed by atoms with Crippen molar-refractivity contribution in [2.75, 3.05) is 22.9 Å². The number of carbonyl (C=O) groups excluding carboxylic acids is 1. The van der Waals surface area contributed by atoms with Crippen LogP contribution in [0.2, 0.25) is 0 Å². The molecule has 0 bridgehead atoms. The third-order valence-electron chi connectivity index (χ3n) is 4.36. The zero-order valence-corrected chi connectivity index (χ0v) is 19.3. The maximum Gasteiger partial charge on any atom is 0.262 e. The zero-order valence-electron chi connectivity index (χ0n) is 16.8. The van der Waals surface area contributed by atoms with Gasteiger partial charge in [0, 0.05) is 11.1 Å². The SMILES string of the molecule is COc1ccccc1NS(=O)(=O)c1ccc(NC(=O)CSc2ncnc3sccc23)cc1. The van der Waals surface area contributed by atoms with E-state index in [-0.39, 0.29) is 16.6 Å². The fourth-order valence-electron chi connectivity index (χ4n) is 2.86. The van der Waals surface area contributed by atoms with Crippen LogP contribution in [0.1, 0.15) is 0 Å². The minimum absolute atomic E-state index is 0.0663. The van der Waals surface area contributed by atoms with Gasteiger partial charge in [0.25, 0.3) is 10.0 Å². The van der Waals surface area contributed by atoms with Crippen LogP contribution in [0.3, 0.4) is 0 Å². The van der Waals surface area contributed by atoms with Crippen LogP contribution < -0.4 is 14.8 Å². The van der Waals surface area contributed by atoms with Gasteiger partial charge in [0.1, 0.15) is 21.9 Å². The fourth-order valence-corrected chi connectivity index (χ4v) is 5.51. The molecule has 4 aromatic rings. The van der Waals surface area contributed by atoms with Gasteiger partial charge in [-0.05, 0) is 47.8 Å². The maximum atomic E-state index is 12.7. The molecule has 0 unspecified atom stereocenters. The van der Waals surface area contributed by atoms with Crippen molar-refractivity contribution in [2.45, 2.75) is 9.92 Å². The van der Waals surface area contributed by atoms with E-state index in [1.807, 2.05) is 11.4 Å². The van der Waals surface area contributed by atoms with Gasteiger partial charge in [-0.1, -0.05) is 23.9 Å². The molecular weight excluding hydrogens is 468 g/mol. The molecule has 32 heavy (non-hydrogen) atoms. The minimum atomic E-state index is -3.81. The number of amides is 1. The Labute approximate surface area is 193 Å². The van der Waals surface area contributed by atoms with Gasteiger partial charge in [-0.2, -0.15) is 0 Å². The summed E-state index contributed by atoms with van der Waals surface area (Å²) in [5.74, 6) is 0.359. The number of nitrogens with zero attached hydrogens (tertiary/aromatic N) is 2. The Morgan fingerprint density at radius 2 is 1.88 bits per heavy atom. The highest BCUT2D eigenvalue weighted by Crippen LogP contribution is 2.28. The van der Waals surface area contributed by atoms with Gasteiger partial charge < -0.3 is 10.1 Å². The second-order valence-electron chi connectivity index (χ2n) is 6.49. The van der Waals surface area contributed by atoms with Crippen LogP contribution in [0.25, 0.3) is 10.2 Å². The summed E-state index contributed by atoms with van der Waals surface area (Å²) in [7, 11) is -2.34. The molecule has 0 aliphatic carbocycles. The van der Waals surface area contributed by atoms with Crippen LogP contribution in [0.5, 0.6) is 5.75 Å². The molecule has 4 rings (SSSR count). The number of sulfonamides is 1. The second kappa shape index (κ2) is 9.55. The summed E-state index contributed by atoms with van der Waals surface area (Å²) in [6.07, 6.45) is 1.48. The standard InChI is InChI=1S/C21H18N4O4S3/c1-29-18-5-3-2-4-17(18)25-32(27,28)15-8-6-14(7-9-15)24-19(26)12-31-21-16-10-11-30-20(16)22-13-23-21/h2-11,13,25H,12H2,1H3,(H,24,26). The number of fused-ring (bicyclic) bond motifs is 1. The Hall–Kier alpha value is -3.15. The molecule has 2 aromatic carbocycles. The van der Waals surface area contributed by atoms with Crippen LogP contribution in [-0.2, 0) is 14.8 Å². The van der Waals surface area contributed by atoms with E-state index < -0.39 is 10.0 Å². The lowest BCUT2D eigenvalue weighted by atomic mass is 10.3. The predicted octanol–water partition coefficient (Wildman–Crippen LogP) is 4.23. The molecule has 0 saturated carbocycles. The number of ether oxygens (including phenoxy) is 1. The zero-order chi connectivity index (χ0) is 22.6. The minimum Gasteiger partial charge on any atom is -0.495 e. The molecule has 0 radical (unpaired) electrons. The number of anilines is 2. The van der Waals surface area contributed by atoms with Crippen molar-refractivity contribution in [3.63, 3.8) is 0 Å². The van der Waals surface area contributed by atoms with E-state index in [1.165, 1.54) is 48.7 Å². The highest BCUT2D eigenvalue weighted by molar-refractivity contribution is 8.00. The lowest BCUT2D eigenvalue weighted by Gasteiger charge is -2.12. The van der Waals surface area contributed by atoms with Crippen molar-refractivity contribution in [1.82, 2.24) is 9.97 Å². The van der Waals surface area contributed by atoms with Gasteiger partial charge >= 0.3 is 0 Å². The summed E-state index contributed by atoms with van der Waals surface area (Å²) in [4.78, 5) is 21.7. The lowest BCUT2D eigenvalue weighted by Crippen LogP contribution is -2.15. The molecule has 0 saturated heterocycles. The van der Waals surface area contributed by atoms with E-state index in [2.05, 4.69) is 20.0 Å². The van der Waals surface area contributed by atoms with Crippen LogP contribution in [-0.4, -0.2) is 37.2 Å². The molecular formula is C21H18N4O4S3. The van der Waals surface area contributed by atoms with Crippen molar-refractivity contribution < 1.29 is 17.9 Å². The molecule has 0 aliphatic rings. The van der Waals surface area contributed by atoms with E-state index >= 15 is 0 Å². The van der Waals surface area contributed by atoms with E-state index in [0.717, 1.165) is 15.2 Å². The number of benzene rings is 2.